The van der Waals surface area contributed by atoms with Crippen LogP contribution in [-0.4, -0.2) is 38.7 Å². The predicted molar refractivity (Wildman–Crippen MR) is 107 cm³/mol. The van der Waals surface area contributed by atoms with Gasteiger partial charge in [-0.1, -0.05) is 25.1 Å². The molecule has 7 nitrogen and oxygen atoms in total. The maximum atomic E-state index is 12.5. The standard InChI is InChI=1S/C21H24N6O/c1-16-4-3-11-26(13-16)18-9-7-17(8-10-18)12-22-21(28)19-5-2-6-20(25-19)27-14-23-24-15-27/h2,5-10,14-16H,3-4,11-13H2,1H3,(H,22,28)/t16-/m0/s1. The number of nitrogens with zero attached hydrogens (tertiary/aromatic N) is 5. The number of anilines is 1. The van der Waals surface area contributed by atoms with Crippen LogP contribution >= 0.6 is 0 Å². The third kappa shape index (κ3) is 4.19. The molecule has 0 saturated carbocycles. The molecular weight excluding hydrogens is 352 g/mol. The molecule has 1 amide bonds. The van der Waals surface area contributed by atoms with Crippen LogP contribution in [0.15, 0.2) is 55.1 Å². The fourth-order valence-electron chi connectivity index (χ4n) is 3.53. The molecule has 0 bridgehead atoms. The number of pyridine rings is 1. The van der Waals surface area contributed by atoms with Crippen LogP contribution in [0.25, 0.3) is 5.82 Å². The molecule has 144 valence electrons. The molecule has 0 spiro atoms. The predicted octanol–water partition coefficient (Wildman–Crippen LogP) is 2.83. The van der Waals surface area contributed by atoms with Crippen LogP contribution in [0.1, 0.15) is 35.8 Å². The number of nitrogens with one attached hydrogen (secondary N) is 1. The lowest BCUT2D eigenvalue weighted by atomic mass is 9.99. The molecule has 0 radical (unpaired) electrons. The van der Waals surface area contributed by atoms with Gasteiger partial charge in [-0.05, 0) is 48.6 Å². The quantitative estimate of drug-likeness (QED) is 0.741. The second-order valence-electron chi connectivity index (χ2n) is 7.29. The van der Waals surface area contributed by atoms with Gasteiger partial charge in [0, 0.05) is 25.3 Å². The number of carbonyl (C=O) groups is 1. The minimum Gasteiger partial charge on any atom is -0.371 e. The molecule has 7 heteroatoms. The van der Waals surface area contributed by atoms with Crippen LogP contribution in [0.5, 0.6) is 0 Å². The summed E-state index contributed by atoms with van der Waals surface area (Å²) in [4.78, 5) is 19.3. The second-order valence-corrected chi connectivity index (χ2v) is 7.29. The Labute approximate surface area is 164 Å². The average Bonchev–Trinajstić information content (AvgIpc) is 3.27. The first kappa shape index (κ1) is 18.2. The average molecular weight is 376 g/mol. The molecule has 3 aromatic rings. The van der Waals surface area contributed by atoms with Crippen LogP contribution in [0.2, 0.25) is 0 Å². The molecule has 3 heterocycles. The molecule has 0 aliphatic carbocycles. The van der Waals surface area contributed by atoms with Crippen LogP contribution in [0, 0.1) is 5.92 Å². The van der Waals surface area contributed by atoms with E-state index in [0.717, 1.165) is 24.6 Å². The summed E-state index contributed by atoms with van der Waals surface area (Å²) >= 11 is 0. The Morgan fingerprint density at radius 1 is 1.14 bits per heavy atom. The van der Waals surface area contributed by atoms with Crippen molar-refractivity contribution in [1.82, 2.24) is 25.1 Å². The van der Waals surface area contributed by atoms with Gasteiger partial charge in [0.25, 0.3) is 5.91 Å². The summed E-state index contributed by atoms with van der Waals surface area (Å²) in [5.41, 5.74) is 2.69. The van der Waals surface area contributed by atoms with E-state index in [0.29, 0.717) is 18.1 Å². The van der Waals surface area contributed by atoms with Crippen molar-refractivity contribution in [2.24, 2.45) is 5.92 Å². The number of rotatable bonds is 5. The van der Waals surface area contributed by atoms with Gasteiger partial charge in [0.1, 0.15) is 24.2 Å². The van der Waals surface area contributed by atoms with E-state index >= 15 is 0 Å². The molecule has 2 aromatic heterocycles. The third-order valence-electron chi connectivity index (χ3n) is 5.06. The minimum absolute atomic E-state index is 0.205. The van der Waals surface area contributed by atoms with Crippen molar-refractivity contribution < 1.29 is 4.79 Å². The molecule has 1 saturated heterocycles. The summed E-state index contributed by atoms with van der Waals surface area (Å²) in [6.07, 6.45) is 5.66. The highest BCUT2D eigenvalue weighted by Gasteiger charge is 2.16. The highest BCUT2D eigenvalue weighted by atomic mass is 16.1. The van der Waals surface area contributed by atoms with Crippen molar-refractivity contribution in [1.29, 1.82) is 0 Å². The van der Waals surface area contributed by atoms with Gasteiger partial charge in [0.2, 0.25) is 0 Å². The van der Waals surface area contributed by atoms with E-state index in [1.54, 1.807) is 35.4 Å². The molecule has 1 aliphatic rings. The number of benzene rings is 1. The molecule has 1 fully saturated rings. The second kappa shape index (κ2) is 8.21. The molecule has 1 N–H and O–H groups in total. The van der Waals surface area contributed by atoms with Crippen molar-refractivity contribution in [3.8, 4) is 5.82 Å². The Balaban J connectivity index is 1.36. The Kier molecular flexibility index (Phi) is 5.32. The molecule has 0 unspecified atom stereocenters. The van der Waals surface area contributed by atoms with E-state index in [9.17, 15) is 4.79 Å². The maximum absolute atomic E-state index is 12.5. The first-order valence-electron chi connectivity index (χ1n) is 9.63. The molecule has 1 atom stereocenters. The van der Waals surface area contributed by atoms with E-state index in [1.807, 2.05) is 0 Å². The van der Waals surface area contributed by atoms with Gasteiger partial charge < -0.3 is 10.2 Å². The Morgan fingerprint density at radius 2 is 1.93 bits per heavy atom. The van der Waals surface area contributed by atoms with E-state index in [-0.39, 0.29) is 5.91 Å². The number of hydrogen-bond donors (Lipinski definition) is 1. The van der Waals surface area contributed by atoms with Gasteiger partial charge in [-0.3, -0.25) is 9.36 Å². The smallest absolute Gasteiger partial charge is 0.270 e. The molecular formula is C21H24N6O. The lowest BCUT2D eigenvalue weighted by Gasteiger charge is -2.32. The zero-order valence-electron chi connectivity index (χ0n) is 16.0. The summed E-state index contributed by atoms with van der Waals surface area (Å²) in [6.45, 7) is 5.01. The van der Waals surface area contributed by atoms with Crippen LogP contribution in [0.3, 0.4) is 0 Å². The van der Waals surface area contributed by atoms with Crippen molar-refractivity contribution >= 4 is 11.6 Å². The lowest BCUT2D eigenvalue weighted by molar-refractivity contribution is 0.0946. The fourth-order valence-corrected chi connectivity index (χ4v) is 3.53. The fraction of sp³-hybridized carbons (Fsp3) is 0.333. The van der Waals surface area contributed by atoms with Crippen molar-refractivity contribution in [3.63, 3.8) is 0 Å². The summed E-state index contributed by atoms with van der Waals surface area (Å²) < 4.78 is 1.66. The SMILES string of the molecule is C[C@H]1CCCN(c2ccc(CNC(=O)c3cccc(-n4cnnc4)n3)cc2)C1. The van der Waals surface area contributed by atoms with Crippen molar-refractivity contribution in [3.05, 3.63) is 66.4 Å². The highest BCUT2D eigenvalue weighted by molar-refractivity contribution is 5.92. The first-order chi connectivity index (χ1) is 13.7. The summed E-state index contributed by atoms with van der Waals surface area (Å²) in [6, 6.07) is 13.7. The summed E-state index contributed by atoms with van der Waals surface area (Å²) in [5, 5.41) is 10.5. The number of aromatic nitrogens is 4. The van der Waals surface area contributed by atoms with Crippen molar-refractivity contribution in [2.45, 2.75) is 26.3 Å². The van der Waals surface area contributed by atoms with Crippen LogP contribution in [-0.2, 0) is 6.54 Å². The molecule has 28 heavy (non-hydrogen) atoms. The van der Waals surface area contributed by atoms with E-state index in [1.165, 1.54) is 18.5 Å². The molecule has 1 aromatic carbocycles. The van der Waals surface area contributed by atoms with Crippen molar-refractivity contribution in [2.75, 3.05) is 18.0 Å². The number of carbonyl (C=O) groups excluding carboxylic acids is 1. The van der Waals surface area contributed by atoms with Gasteiger partial charge in [0.15, 0.2) is 0 Å². The van der Waals surface area contributed by atoms with E-state index < -0.39 is 0 Å². The highest BCUT2D eigenvalue weighted by Crippen LogP contribution is 2.23. The maximum Gasteiger partial charge on any atom is 0.270 e. The summed E-state index contributed by atoms with van der Waals surface area (Å²) in [5.74, 6) is 1.15. The normalized spacial score (nSPS) is 16.8. The molecule has 1 aliphatic heterocycles. The third-order valence-corrected chi connectivity index (χ3v) is 5.06. The number of piperidine rings is 1. The van der Waals surface area contributed by atoms with Gasteiger partial charge in [-0.15, -0.1) is 10.2 Å². The topological polar surface area (TPSA) is 75.9 Å². The van der Waals surface area contributed by atoms with Gasteiger partial charge in [0.05, 0.1) is 0 Å². The van der Waals surface area contributed by atoms with Gasteiger partial charge in [-0.25, -0.2) is 4.98 Å². The monoisotopic (exact) mass is 376 g/mol. The van der Waals surface area contributed by atoms with Gasteiger partial charge in [-0.2, -0.15) is 0 Å². The lowest BCUT2D eigenvalue weighted by Crippen LogP contribution is -2.34. The van der Waals surface area contributed by atoms with Gasteiger partial charge >= 0.3 is 0 Å². The van der Waals surface area contributed by atoms with E-state index in [2.05, 4.69) is 56.6 Å². The number of amides is 1. The Morgan fingerprint density at radius 3 is 2.68 bits per heavy atom. The summed E-state index contributed by atoms with van der Waals surface area (Å²) in [7, 11) is 0. The zero-order chi connectivity index (χ0) is 19.3. The van der Waals surface area contributed by atoms with E-state index in [4.69, 9.17) is 0 Å². The Bertz CT molecular complexity index is 922. The minimum atomic E-state index is -0.205. The molecule has 4 rings (SSSR count). The largest absolute Gasteiger partial charge is 0.371 e. The first-order valence-corrected chi connectivity index (χ1v) is 9.63. The van der Waals surface area contributed by atoms with Crippen LogP contribution in [0.4, 0.5) is 5.69 Å². The van der Waals surface area contributed by atoms with Crippen LogP contribution < -0.4 is 10.2 Å². The Hall–Kier alpha value is -3.22. The zero-order valence-corrected chi connectivity index (χ0v) is 16.0. The number of hydrogen-bond acceptors (Lipinski definition) is 5.